The standard InChI is InChI=1S/C14H17Br2NS2/c1-2-6-17-12(4-3-10-5-7-18-9-10)11-8-13(15)19-14(11)16/h5,7-9,12,17H,2-4,6H2,1H3. The highest BCUT2D eigenvalue weighted by Gasteiger charge is 2.16. The number of nitrogens with one attached hydrogen (secondary N) is 1. The van der Waals surface area contributed by atoms with Gasteiger partial charge < -0.3 is 5.32 Å². The summed E-state index contributed by atoms with van der Waals surface area (Å²) in [5.74, 6) is 0. The summed E-state index contributed by atoms with van der Waals surface area (Å²) < 4.78 is 2.42. The lowest BCUT2D eigenvalue weighted by molar-refractivity contribution is 0.499. The molecular formula is C14H17Br2NS2. The Bertz CT molecular complexity index is 494. The average Bonchev–Trinajstić information content (AvgIpc) is 3.00. The lowest BCUT2D eigenvalue weighted by atomic mass is 10.0. The first kappa shape index (κ1) is 15.7. The Morgan fingerprint density at radius 3 is 2.79 bits per heavy atom. The smallest absolute Gasteiger partial charge is 0.0758 e. The van der Waals surface area contributed by atoms with E-state index in [2.05, 4.69) is 67.0 Å². The highest BCUT2D eigenvalue weighted by molar-refractivity contribution is 9.12. The third kappa shape index (κ3) is 4.67. The third-order valence-electron chi connectivity index (χ3n) is 3.00. The first-order valence-corrected chi connectivity index (χ1v) is 9.74. The normalized spacial score (nSPS) is 12.8. The molecule has 0 amide bonds. The molecule has 2 aromatic heterocycles. The Morgan fingerprint density at radius 1 is 1.37 bits per heavy atom. The van der Waals surface area contributed by atoms with Crippen LogP contribution in [0.1, 0.15) is 36.9 Å². The highest BCUT2D eigenvalue weighted by Crippen LogP contribution is 2.37. The Morgan fingerprint density at radius 2 is 2.21 bits per heavy atom. The molecule has 0 aromatic carbocycles. The van der Waals surface area contributed by atoms with Crippen molar-refractivity contribution in [3.05, 3.63) is 41.6 Å². The van der Waals surface area contributed by atoms with Crippen molar-refractivity contribution >= 4 is 54.5 Å². The summed E-state index contributed by atoms with van der Waals surface area (Å²) >= 11 is 10.8. The Balaban J connectivity index is 2.04. The van der Waals surface area contributed by atoms with Crippen LogP contribution in [-0.4, -0.2) is 6.54 Å². The topological polar surface area (TPSA) is 12.0 Å². The summed E-state index contributed by atoms with van der Waals surface area (Å²) in [4.78, 5) is 0. The SMILES string of the molecule is CCCNC(CCc1ccsc1)c1cc(Br)sc1Br. The van der Waals surface area contributed by atoms with E-state index in [0.29, 0.717) is 6.04 Å². The number of halogens is 2. The zero-order chi connectivity index (χ0) is 13.7. The molecule has 2 aromatic rings. The maximum atomic E-state index is 3.68. The van der Waals surface area contributed by atoms with E-state index in [1.165, 1.54) is 18.7 Å². The van der Waals surface area contributed by atoms with Gasteiger partial charge in [-0.15, -0.1) is 11.3 Å². The number of hydrogen-bond donors (Lipinski definition) is 1. The second-order valence-corrected chi connectivity index (χ2v) is 8.99. The summed E-state index contributed by atoms with van der Waals surface area (Å²) in [7, 11) is 0. The van der Waals surface area contributed by atoms with Gasteiger partial charge in [0.25, 0.3) is 0 Å². The van der Waals surface area contributed by atoms with Gasteiger partial charge in [0, 0.05) is 6.04 Å². The van der Waals surface area contributed by atoms with E-state index >= 15 is 0 Å². The molecule has 2 rings (SSSR count). The van der Waals surface area contributed by atoms with Gasteiger partial charge in [0.15, 0.2) is 0 Å². The summed E-state index contributed by atoms with van der Waals surface area (Å²) in [5.41, 5.74) is 2.82. The number of hydrogen-bond acceptors (Lipinski definition) is 3. The second-order valence-electron chi connectivity index (χ2n) is 4.46. The summed E-state index contributed by atoms with van der Waals surface area (Å²) in [6.07, 6.45) is 3.43. The zero-order valence-corrected chi connectivity index (χ0v) is 15.6. The molecule has 0 fully saturated rings. The number of thiophene rings is 2. The molecule has 1 N–H and O–H groups in total. The van der Waals surface area contributed by atoms with Crippen molar-refractivity contribution in [1.29, 1.82) is 0 Å². The Kier molecular flexibility index (Phi) is 6.56. The molecule has 1 atom stereocenters. The maximum Gasteiger partial charge on any atom is 0.0758 e. The molecule has 0 saturated carbocycles. The van der Waals surface area contributed by atoms with E-state index in [4.69, 9.17) is 0 Å². The van der Waals surface area contributed by atoms with Gasteiger partial charge in [-0.3, -0.25) is 0 Å². The fourth-order valence-corrected chi connectivity index (χ4v) is 5.70. The summed E-state index contributed by atoms with van der Waals surface area (Å²) in [6, 6.07) is 4.88. The fourth-order valence-electron chi connectivity index (χ4n) is 2.02. The van der Waals surface area contributed by atoms with Crippen LogP contribution >= 0.6 is 54.5 Å². The molecule has 0 spiro atoms. The van der Waals surface area contributed by atoms with Crippen molar-refractivity contribution in [2.75, 3.05) is 6.54 Å². The second kappa shape index (κ2) is 7.93. The molecule has 5 heteroatoms. The average molecular weight is 423 g/mol. The minimum absolute atomic E-state index is 0.428. The van der Waals surface area contributed by atoms with Crippen LogP contribution in [0.2, 0.25) is 0 Å². The van der Waals surface area contributed by atoms with Crippen LogP contribution < -0.4 is 5.32 Å². The fraction of sp³-hybridized carbons (Fsp3) is 0.429. The van der Waals surface area contributed by atoms with E-state index in [-0.39, 0.29) is 0 Å². The van der Waals surface area contributed by atoms with Gasteiger partial charge >= 0.3 is 0 Å². The minimum Gasteiger partial charge on any atom is -0.310 e. The lowest BCUT2D eigenvalue weighted by Gasteiger charge is -2.18. The van der Waals surface area contributed by atoms with E-state index in [1.54, 1.807) is 22.7 Å². The summed E-state index contributed by atoms with van der Waals surface area (Å²) in [6.45, 7) is 3.27. The van der Waals surface area contributed by atoms with Crippen LogP contribution in [0.15, 0.2) is 30.5 Å². The Hall–Kier alpha value is 0.320. The minimum atomic E-state index is 0.428. The van der Waals surface area contributed by atoms with Gasteiger partial charge in [-0.2, -0.15) is 11.3 Å². The van der Waals surface area contributed by atoms with Crippen molar-refractivity contribution in [3.63, 3.8) is 0 Å². The lowest BCUT2D eigenvalue weighted by Crippen LogP contribution is -2.22. The van der Waals surface area contributed by atoms with Gasteiger partial charge in [-0.05, 0) is 91.7 Å². The van der Waals surface area contributed by atoms with Crippen molar-refractivity contribution in [3.8, 4) is 0 Å². The van der Waals surface area contributed by atoms with Crippen molar-refractivity contribution in [2.24, 2.45) is 0 Å². The van der Waals surface area contributed by atoms with E-state index in [9.17, 15) is 0 Å². The van der Waals surface area contributed by atoms with E-state index in [0.717, 1.165) is 25.8 Å². The zero-order valence-electron chi connectivity index (χ0n) is 10.8. The first-order chi connectivity index (χ1) is 9.20. The molecular weight excluding hydrogens is 406 g/mol. The third-order valence-corrected chi connectivity index (χ3v) is 6.12. The van der Waals surface area contributed by atoms with Crippen LogP contribution in [-0.2, 0) is 6.42 Å². The van der Waals surface area contributed by atoms with Crippen LogP contribution in [0.5, 0.6) is 0 Å². The molecule has 0 aliphatic carbocycles. The molecule has 0 bridgehead atoms. The molecule has 104 valence electrons. The number of aryl methyl sites for hydroxylation is 1. The van der Waals surface area contributed by atoms with Crippen LogP contribution in [0, 0.1) is 0 Å². The van der Waals surface area contributed by atoms with E-state index in [1.807, 2.05) is 0 Å². The molecule has 2 heterocycles. The monoisotopic (exact) mass is 421 g/mol. The van der Waals surface area contributed by atoms with Crippen LogP contribution in [0.3, 0.4) is 0 Å². The number of rotatable bonds is 7. The predicted octanol–water partition coefficient (Wildman–Crippen LogP) is 6.01. The molecule has 0 aliphatic rings. The molecule has 1 unspecified atom stereocenters. The first-order valence-electron chi connectivity index (χ1n) is 6.40. The molecule has 1 nitrogen and oxygen atoms in total. The Labute approximate surface area is 139 Å². The van der Waals surface area contributed by atoms with Crippen LogP contribution in [0.25, 0.3) is 0 Å². The van der Waals surface area contributed by atoms with Gasteiger partial charge in [-0.1, -0.05) is 6.92 Å². The molecule has 0 radical (unpaired) electrons. The largest absolute Gasteiger partial charge is 0.310 e. The molecule has 0 aliphatic heterocycles. The van der Waals surface area contributed by atoms with Crippen LogP contribution in [0.4, 0.5) is 0 Å². The molecule has 19 heavy (non-hydrogen) atoms. The van der Waals surface area contributed by atoms with Crippen molar-refractivity contribution < 1.29 is 0 Å². The maximum absolute atomic E-state index is 3.68. The quantitative estimate of drug-likeness (QED) is 0.576. The van der Waals surface area contributed by atoms with Crippen molar-refractivity contribution in [2.45, 2.75) is 32.2 Å². The molecule has 0 saturated heterocycles. The van der Waals surface area contributed by atoms with Crippen molar-refractivity contribution in [1.82, 2.24) is 5.32 Å². The van der Waals surface area contributed by atoms with E-state index < -0.39 is 0 Å². The van der Waals surface area contributed by atoms with Gasteiger partial charge in [0.2, 0.25) is 0 Å². The van der Waals surface area contributed by atoms with Gasteiger partial charge in [0.05, 0.1) is 7.57 Å². The van der Waals surface area contributed by atoms with Gasteiger partial charge in [-0.25, -0.2) is 0 Å². The predicted molar refractivity (Wildman–Crippen MR) is 93.4 cm³/mol. The van der Waals surface area contributed by atoms with Gasteiger partial charge in [0.1, 0.15) is 0 Å². The highest BCUT2D eigenvalue weighted by atomic mass is 79.9. The summed E-state index contributed by atoms with van der Waals surface area (Å²) in [5, 5.41) is 8.06.